The standard InChI is InChI=1S/C8H10O4/c1-10-8(11-2)7-4-3-6(5-9)12-7/h3-5,8H,1-2H3. The molecule has 0 bridgehead atoms. The Labute approximate surface area is 70.1 Å². The first-order valence-electron chi connectivity index (χ1n) is 3.42. The molecule has 0 saturated carbocycles. The van der Waals surface area contributed by atoms with Gasteiger partial charge in [-0.05, 0) is 12.1 Å². The van der Waals surface area contributed by atoms with Crippen molar-refractivity contribution >= 4 is 6.29 Å². The van der Waals surface area contributed by atoms with Crippen LogP contribution < -0.4 is 0 Å². The van der Waals surface area contributed by atoms with Crippen molar-refractivity contribution in [3.63, 3.8) is 0 Å². The van der Waals surface area contributed by atoms with Crippen molar-refractivity contribution in [2.24, 2.45) is 0 Å². The molecule has 66 valence electrons. The Morgan fingerprint density at radius 2 is 2.08 bits per heavy atom. The van der Waals surface area contributed by atoms with E-state index in [-0.39, 0.29) is 5.76 Å². The van der Waals surface area contributed by atoms with Gasteiger partial charge in [-0.25, -0.2) is 0 Å². The summed E-state index contributed by atoms with van der Waals surface area (Å²) in [5.74, 6) is 0.756. The molecule has 0 aromatic carbocycles. The minimum Gasteiger partial charge on any atom is -0.453 e. The molecule has 0 unspecified atom stereocenters. The molecule has 1 heterocycles. The van der Waals surface area contributed by atoms with Crippen LogP contribution in [0.15, 0.2) is 16.5 Å². The number of rotatable bonds is 4. The van der Waals surface area contributed by atoms with Crippen LogP contribution in [0.4, 0.5) is 0 Å². The largest absolute Gasteiger partial charge is 0.453 e. The Bertz CT molecular complexity index is 249. The number of carbonyl (C=O) groups is 1. The van der Waals surface area contributed by atoms with Crippen molar-refractivity contribution in [3.05, 3.63) is 23.7 Å². The van der Waals surface area contributed by atoms with Crippen LogP contribution in [0, 0.1) is 0 Å². The van der Waals surface area contributed by atoms with E-state index in [2.05, 4.69) is 0 Å². The van der Waals surface area contributed by atoms with E-state index in [1.807, 2.05) is 0 Å². The lowest BCUT2D eigenvalue weighted by Crippen LogP contribution is -2.01. The molecule has 1 rings (SSSR count). The summed E-state index contributed by atoms with van der Waals surface area (Å²) in [5, 5.41) is 0. The lowest BCUT2D eigenvalue weighted by Gasteiger charge is -2.08. The summed E-state index contributed by atoms with van der Waals surface area (Å²) < 4.78 is 14.9. The molecule has 0 saturated heterocycles. The second-order valence-electron chi connectivity index (χ2n) is 2.16. The molecule has 0 aliphatic carbocycles. The van der Waals surface area contributed by atoms with Gasteiger partial charge in [0.25, 0.3) is 0 Å². The third kappa shape index (κ3) is 1.72. The summed E-state index contributed by atoms with van der Waals surface area (Å²) in [5.41, 5.74) is 0. The summed E-state index contributed by atoms with van der Waals surface area (Å²) in [4.78, 5) is 10.2. The van der Waals surface area contributed by atoms with Crippen molar-refractivity contribution in [3.8, 4) is 0 Å². The van der Waals surface area contributed by atoms with Crippen LogP contribution in [0.5, 0.6) is 0 Å². The molecule has 1 aromatic rings. The molecule has 0 spiro atoms. The SMILES string of the molecule is COC(OC)c1ccc(C=O)o1. The molecule has 4 heteroatoms. The van der Waals surface area contributed by atoms with Gasteiger partial charge in [0.2, 0.25) is 6.29 Å². The number of carbonyl (C=O) groups excluding carboxylic acids is 1. The predicted molar refractivity (Wildman–Crippen MR) is 40.9 cm³/mol. The Morgan fingerprint density at radius 1 is 1.42 bits per heavy atom. The van der Waals surface area contributed by atoms with Crippen molar-refractivity contribution in [1.82, 2.24) is 0 Å². The van der Waals surface area contributed by atoms with Crippen LogP contribution in [0.1, 0.15) is 22.6 Å². The van der Waals surface area contributed by atoms with Gasteiger partial charge in [-0.1, -0.05) is 0 Å². The van der Waals surface area contributed by atoms with Gasteiger partial charge in [-0.3, -0.25) is 4.79 Å². The van der Waals surface area contributed by atoms with Crippen LogP contribution in [-0.4, -0.2) is 20.5 Å². The molecule has 1 aromatic heterocycles. The first-order chi connectivity index (χ1) is 5.81. The molecule has 4 nitrogen and oxygen atoms in total. The number of aldehydes is 1. The topological polar surface area (TPSA) is 48.7 Å². The monoisotopic (exact) mass is 170 g/mol. The molecule has 0 N–H and O–H groups in total. The van der Waals surface area contributed by atoms with Crippen LogP contribution in [0.3, 0.4) is 0 Å². The summed E-state index contributed by atoms with van der Waals surface area (Å²) in [7, 11) is 2.99. The molecule has 0 fully saturated rings. The second-order valence-corrected chi connectivity index (χ2v) is 2.16. The molecule has 0 aliphatic rings. The number of furan rings is 1. The molecular formula is C8H10O4. The summed E-state index contributed by atoms with van der Waals surface area (Å²) >= 11 is 0. The minimum atomic E-state index is -0.543. The van der Waals surface area contributed by atoms with Crippen LogP contribution in [-0.2, 0) is 9.47 Å². The van der Waals surface area contributed by atoms with Gasteiger partial charge in [0.1, 0.15) is 0 Å². The van der Waals surface area contributed by atoms with Gasteiger partial charge in [0, 0.05) is 14.2 Å². The first-order valence-corrected chi connectivity index (χ1v) is 3.42. The zero-order valence-electron chi connectivity index (χ0n) is 6.94. The maximum atomic E-state index is 10.2. The Hall–Kier alpha value is -1.13. The van der Waals surface area contributed by atoms with Crippen LogP contribution in [0.25, 0.3) is 0 Å². The fourth-order valence-electron chi connectivity index (χ4n) is 0.887. The molecule has 0 amide bonds. The van der Waals surface area contributed by atoms with Gasteiger partial charge in [0.15, 0.2) is 17.8 Å². The van der Waals surface area contributed by atoms with Gasteiger partial charge >= 0.3 is 0 Å². The predicted octanol–water partition coefficient (Wildman–Crippen LogP) is 1.38. The lowest BCUT2D eigenvalue weighted by molar-refractivity contribution is -0.117. The maximum Gasteiger partial charge on any atom is 0.216 e. The number of methoxy groups -OCH3 is 2. The number of hydrogen-bond donors (Lipinski definition) is 0. The van der Waals surface area contributed by atoms with E-state index in [4.69, 9.17) is 13.9 Å². The molecule has 0 aliphatic heterocycles. The average Bonchev–Trinajstić information content (AvgIpc) is 2.55. The molecule has 0 atom stereocenters. The van der Waals surface area contributed by atoms with Crippen molar-refractivity contribution < 1.29 is 18.7 Å². The van der Waals surface area contributed by atoms with Crippen molar-refractivity contribution in [2.45, 2.75) is 6.29 Å². The third-order valence-electron chi connectivity index (χ3n) is 1.42. The molecular weight excluding hydrogens is 160 g/mol. The minimum absolute atomic E-state index is 0.268. The maximum absolute atomic E-state index is 10.2. The van der Waals surface area contributed by atoms with Gasteiger partial charge in [-0.2, -0.15) is 0 Å². The summed E-state index contributed by atoms with van der Waals surface area (Å²) in [6, 6.07) is 3.20. The van der Waals surface area contributed by atoms with E-state index in [1.165, 1.54) is 14.2 Å². The van der Waals surface area contributed by atoms with Crippen molar-refractivity contribution in [1.29, 1.82) is 0 Å². The average molecular weight is 170 g/mol. The zero-order valence-corrected chi connectivity index (χ0v) is 6.94. The van der Waals surface area contributed by atoms with Crippen LogP contribution >= 0.6 is 0 Å². The van der Waals surface area contributed by atoms with Gasteiger partial charge in [-0.15, -0.1) is 0 Å². The van der Waals surface area contributed by atoms with Crippen molar-refractivity contribution in [2.75, 3.05) is 14.2 Å². The van der Waals surface area contributed by atoms with Gasteiger partial charge < -0.3 is 13.9 Å². The zero-order chi connectivity index (χ0) is 8.97. The second kappa shape index (κ2) is 4.04. The third-order valence-corrected chi connectivity index (χ3v) is 1.42. The number of hydrogen-bond acceptors (Lipinski definition) is 4. The first kappa shape index (κ1) is 8.96. The fraction of sp³-hybridized carbons (Fsp3) is 0.375. The highest BCUT2D eigenvalue weighted by Crippen LogP contribution is 2.18. The normalized spacial score (nSPS) is 10.6. The van der Waals surface area contributed by atoms with E-state index >= 15 is 0 Å². The Morgan fingerprint density at radius 3 is 2.50 bits per heavy atom. The van der Waals surface area contributed by atoms with E-state index in [0.717, 1.165) is 0 Å². The lowest BCUT2D eigenvalue weighted by atomic mass is 10.4. The fourth-order valence-corrected chi connectivity index (χ4v) is 0.887. The Balaban J connectivity index is 2.79. The van der Waals surface area contributed by atoms with E-state index in [1.54, 1.807) is 12.1 Å². The van der Waals surface area contributed by atoms with E-state index < -0.39 is 6.29 Å². The highest BCUT2D eigenvalue weighted by Gasteiger charge is 2.12. The van der Waals surface area contributed by atoms with Gasteiger partial charge in [0.05, 0.1) is 0 Å². The van der Waals surface area contributed by atoms with E-state index in [9.17, 15) is 4.79 Å². The smallest absolute Gasteiger partial charge is 0.216 e. The highest BCUT2D eigenvalue weighted by atomic mass is 16.7. The quantitative estimate of drug-likeness (QED) is 0.506. The Kier molecular flexibility index (Phi) is 3.01. The summed E-state index contributed by atoms with van der Waals surface area (Å²) in [6.45, 7) is 0. The number of ether oxygens (including phenoxy) is 2. The van der Waals surface area contributed by atoms with Crippen LogP contribution in [0.2, 0.25) is 0 Å². The highest BCUT2D eigenvalue weighted by molar-refractivity contribution is 5.70. The molecule has 12 heavy (non-hydrogen) atoms. The summed E-state index contributed by atoms with van der Waals surface area (Å²) in [6.07, 6.45) is 0.0880. The molecule has 0 radical (unpaired) electrons. The van der Waals surface area contributed by atoms with E-state index in [0.29, 0.717) is 12.0 Å².